The average molecular weight is 631 g/mol. The zero-order valence-electron chi connectivity index (χ0n) is 27.7. The summed E-state index contributed by atoms with van der Waals surface area (Å²) < 4.78 is 21.3. The number of Topliss-reactive ketones (excluding diaryl/α,β-unsaturated/α-hetero) is 1. The van der Waals surface area contributed by atoms with Gasteiger partial charge in [0.25, 0.3) is 0 Å². The SMILES string of the molecule is CC(C)C(=O)COCCOCCNC(=O)COCCOCCNC(=O)CCCCCCCCCCCCCCCCC(=O)O. The first-order chi connectivity index (χ1) is 21.3. The van der Waals surface area contributed by atoms with E-state index in [0.29, 0.717) is 65.6 Å². The highest BCUT2D eigenvalue weighted by Crippen LogP contribution is 2.13. The van der Waals surface area contributed by atoms with Gasteiger partial charge < -0.3 is 34.7 Å². The molecule has 0 bridgehead atoms. The zero-order chi connectivity index (χ0) is 32.5. The lowest BCUT2D eigenvalue weighted by Gasteiger charge is -2.09. The molecule has 0 aliphatic rings. The number of carbonyl (C=O) groups excluding carboxylic acids is 3. The number of aliphatic carboxylic acids is 1. The molecule has 11 nitrogen and oxygen atoms in total. The zero-order valence-corrected chi connectivity index (χ0v) is 27.7. The maximum Gasteiger partial charge on any atom is 0.303 e. The maximum absolute atomic E-state index is 11.9. The van der Waals surface area contributed by atoms with Gasteiger partial charge in [0.15, 0.2) is 5.78 Å². The van der Waals surface area contributed by atoms with Gasteiger partial charge in [-0.25, -0.2) is 0 Å². The van der Waals surface area contributed by atoms with Gasteiger partial charge in [0.2, 0.25) is 11.8 Å². The van der Waals surface area contributed by atoms with E-state index in [4.69, 9.17) is 24.1 Å². The molecule has 44 heavy (non-hydrogen) atoms. The number of hydrogen-bond acceptors (Lipinski definition) is 8. The number of hydrogen-bond donors (Lipinski definition) is 3. The van der Waals surface area contributed by atoms with Gasteiger partial charge in [-0.3, -0.25) is 19.2 Å². The largest absolute Gasteiger partial charge is 0.481 e. The minimum Gasteiger partial charge on any atom is -0.481 e. The predicted molar refractivity (Wildman–Crippen MR) is 171 cm³/mol. The Morgan fingerprint density at radius 3 is 1.34 bits per heavy atom. The Morgan fingerprint density at radius 1 is 0.500 bits per heavy atom. The van der Waals surface area contributed by atoms with E-state index in [9.17, 15) is 19.2 Å². The van der Waals surface area contributed by atoms with Gasteiger partial charge in [-0.05, 0) is 12.8 Å². The van der Waals surface area contributed by atoms with Crippen molar-refractivity contribution in [3.8, 4) is 0 Å². The third kappa shape index (κ3) is 32.8. The van der Waals surface area contributed by atoms with Crippen molar-refractivity contribution in [1.82, 2.24) is 10.6 Å². The normalized spacial score (nSPS) is 11.2. The lowest BCUT2D eigenvalue weighted by Crippen LogP contribution is -2.31. The minimum atomic E-state index is -0.689. The van der Waals surface area contributed by atoms with Gasteiger partial charge in [0.05, 0.1) is 39.6 Å². The Kier molecular flexibility index (Phi) is 30.8. The van der Waals surface area contributed by atoms with Gasteiger partial charge >= 0.3 is 5.97 Å². The van der Waals surface area contributed by atoms with Crippen LogP contribution in [0.2, 0.25) is 0 Å². The molecule has 0 unspecified atom stereocenters. The molecule has 0 aromatic carbocycles. The molecule has 0 saturated heterocycles. The standard InChI is InChI=1S/C33H62N2O9/c1-29(2)30(36)27-43-25-23-42-22-20-35-32(38)28-44-26-24-41-21-19-34-31(37)17-15-13-11-9-7-5-3-4-6-8-10-12-14-16-18-33(39)40/h29H,3-28H2,1-2H3,(H,34,37)(H,35,38)(H,39,40). The van der Waals surface area contributed by atoms with Crippen molar-refractivity contribution in [2.24, 2.45) is 5.92 Å². The van der Waals surface area contributed by atoms with Gasteiger partial charge in [-0.2, -0.15) is 0 Å². The molecule has 258 valence electrons. The topological polar surface area (TPSA) is 149 Å². The van der Waals surface area contributed by atoms with Crippen molar-refractivity contribution in [2.75, 3.05) is 65.9 Å². The first-order valence-corrected chi connectivity index (χ1v) is 16.9. The van der Waals surface area contributed by atoms with Crippen molar-refractivity contribution in [1.29, 1.82) is 0 Å². The van der Waals surface area contributed by atoms with E-state index in [-0.39, 0.29) is 36.7 Å². The van der Waals surface area contributed by atoms with E-state index in [2.05, 4.69) is 10.6 Å². The smallest absolute Gasteiger partial charge is 0.303 e. The summed E-state index contributed by atoms with van der Waals surface area (Å²) >= 11 is 0. The van der Waals surface area contributed by atoms with Gasteiger partial charge in [-0.1, -0.05) is 90.9 Å². The van der Waals surface area contributed by atoms with Gasteiger partial charge in [0.1, 0.15) is 13.2 Å². The number of nitrogens with one attached hydrogen (secondary N) is 2. The summed E-state index contributed by atoms with van der Waals surface area (Å²) in [6.45, 7) is 6.63. The molecule has 0 aliphatic heterocycles. The van der Waals surface area contributed by atoms with Crippen LogP contribution in [-0.2, 0) is 38.1 Å². The summed E-state index contributed by atoms with van der Waals surface area (Å²) in [5.74, 6) is -0.834. The molecule has 0 saturated carbocycles. The highest BCUT2D eigenvalue weighted by molar-refractivity contribution is 5.81. The van der Waals surface area contributed by atoms with E-state index in [1.54, 1.807) is 0 Å². The molecule has 0 radical (unpaired) electrons. The molecule has 2 amide bonds. The lowest BCUT2D eigenvalue weighted by molar-refractivity contribution is -0.137. The molecule has 0 aliphatic carbocycles. The molecule has 0 fully saturated rings. The van der Waals surface area contributed by atoms with E-state index in [0.717, 1.165) is 32.1 Å². The lowest BCUT2D eigenvalue weighted by atomic mass is 10.0. The number of carboxylic acids is 1. The number of carbonyl (C=O) groups is 4. The first kappa shape index (κ1) is 41.9. The molecule has 11 heteroatoms. The quantitative estimate of drug-likeness (QED) is 0.0850. The predicted octanol–water partition coefficient (Wildman–Crippen LogP) is 4.84. The van der Waals surface area contributed by atoms with Crippen LogP contribution in [0.4, 0.5) is 0 Å². The van der Waals surface area contributed by atoms with Crippen molar-refractivity contribution >= 4 is 23.6 Å². The van der Waals surface area contributed by atoms with Crippen molar-refractivity contribution in [3.05, 3.63) is 0 Å². The summed E-state index contributed by atoms with van der Waals surface area (Å²) in [5, 5.41) is 14.2. The first-order valence-electron chi connectivity index (χ1n) is 16.9. The van der Waals surface area contributed by atoms with Crippen LogP contribution >= 0.6 is 0 Å². The molecular weight excluding hydrogens is 568 g/mol. The van der Waals surface area contributed by atoms with Crippen molar-refractivity contribution < 1.29 is 43.2 Å². The fraction of sp³-hybridized carbons (Fsp3) is 0.879. The summed E-state index contributed by atoms with van der Waals surface area (Å²) in [4.78, 5) is 45.6. The van der Waals surface area contributed by atoms with Crippen LogP contribution in [0.1, 0.15) is 117 Å². The minimum absolute atomic E-state index is 0.0338. The molecule has 0 aromatic rings. The highest BCUT2D eigenvalue weighted by Gasteiger charge is 2.06. The second-order valence-electron chi connectivity index (χ2n) is 11.5. The summed E-state index contributed by atoms with van der Waals surface area (Å²) in [6.07, 6.45) is 17.2. The number of ether oxygens (including phenoxy) is 4. The van der Waals surface area contributed by atoms with Crippen molar-refractivity contribution in [3.63, 3.8) is 0 Å². The Bertz CT molecular complexity index is 719. The Hall–Kier alpha value is -2.08. The van der Waals surface area contributed by atoms with Crippen LogP contribution in [0.5, 0.6) is 0 Å². The average Bonchev–Trinajstić information content (AvgIpc) is 2.99. The van der Waals surface area contributed by atoms with E-state index in [1.807, 2.05) is 13.8 Å². The Morgan fingerprint density at radius 2 is 0.886 bits per heavy atom. The molecule has 0 heterocycles. The number of carboxylic acid groups (broad SMARTS) is 1. The summed E-state index contributed by atoms with van der Waals surface area (Å²) in [6, 6.07) is 0. The fourth-order valence-corrected chi connectivity index (χ4v) is 4.29. The highest BCUT2D eigenvalue weighted by atomic mass is 16.5. The Balaban J connectivity index is 3.28. The molecular formula is C33H62N2O9. The van der Waals surface area contributed by atoms with Crippen LogP contribution in [-0.4, -0.2) is 94.6 Å². The number of ketones is 1. The third-order valence-corrected chi connectivity index (χ3v) is 7.05. The molecule has 0 rings (SSSR count). The molecule has 0 aromatic heterocycles. The van der Waals surface area contributed by atoms with Crippen LogP contribution in [0, 0.1) is 5.92 Å². The monoisotopic (exact) mass is 630 g/mol. The van der Waals surface area contributed by atoms with Crippen LogP contribution in [0.15, 0.2) is 0 Å². The van der Waals surface area contributed by atoms with Gasteiger partial charge in [-0.15, -0.1) is 0 Å². The second-order valence-corrected chi connectivity index (χ2v) is 11.5. The number of amides is 2. The van der Waals surface area contributed by atoms with Crippen LogP contribution in [0.3, 0.4) is 0 Å². The van der Waals surface area contributed by atoms with E-state index in [1.165, 1.54) is 57.8 Å². The Labute approximate surface area is 265 Å². The summed E-state index contributed by atoms with van der Waals surface area (Å²) in [7, 11) is 0. The fourth-order valence-electron chi connectivity index (χ4n) is 4.29. The molecule has 3 N–H and O–H groups in total. The number of unbranched alkanes of at least 4 members (excludes halogenated alkanes) is 13. The van der Waals surface area contributed by atoms with Crippen LogP contribution in [0.25, 0.3) is 0 Å². The number of rotatable bonds is 34. The second kappa shape index (κ2) is 32.3. The molecule has 0 spiro atoms. The third-order valence-electron chi connectivity index (χ3n) is 7.05. The van der Waals surface area contributed by atoms with E-state index < -0.39 is 5.97 Å². The maximum atomic E-state index is 11.9. The molecule has 0 atom stereocenters. The summed E-state index contributed by atoms with van der Waals surface area (Å²) in [5.41, 5.74) is 0. The van der Waals surface area contributed by atoms with Crippen LogP contribution < -0.4 is 10.6 Å². The van der Waals surface area contributed by atoms with E-state index >= 15 is 0 Å². The van der Waals surface area contributed by atoms with Crippen molar-refractivity contribution in [2.45, 2.75) is 117 Å². The van der Waals surface area contributed by atoms with Gasteiger partial charge in [0, 0.05) is 31.8 Å².